The third kappa shape index (κ3) is 2.00. The van der Waals surface area contributed by atoms with Crippen molar-refractivity contribution in [1.82, 2.24) is 14.5 Å². The van der Waals surface area contributed by atoms with E-state index >= 15 is 0 Å². The number of fused-ring (bicyclic) bond motifs is 1. The summed E-state index contributed by atoms with van der Waals surface area (Å²) in [6.45, 7) is 1.81. The van der Waals surface area contributed by atoms with Crippen molar-refractivity contribution < 1.29 is 0 Å². The fourth-order valence-corrected chi connectivity index (χ4v) is 2.25. The minimum absolute atomic E-state index is 0.333. The Balaban J connectivity index is 2.48. The van der Waals surface area contributed by atoms with Crippen LogP contribution >= 0.6 is 11.6 Å². The van der Waals surface area contributed by atoms with Crippen LogP contribution in [0.25, 0.3) is 16.6 Å². The van der Waals surface area contributed by atoms with Crippen molar-refractivity contribution in [3.05, 3.63) is 63.9 Å². The Kier molecular flexibility index (Phi) is 2.80. The maximum atomic E-state index is 12.1. The van der Waals surface area contributed by atoms with Crippen LogP contribution in [0.1, 0.15) is 5.69 Å². The first-order chi connectivity index (χ1) is 9.16. The van der Waals surface area contributed by atoms with Gasteiger partial charge >= 0.3 is 5.69 Å². The van der Waals surface area contributed by atoms with E-state index in [1.165, 1.54) is 4.57 Å². The van der Waals surface area contributed by atoms with E-state index in [1.807, 2.05) is 19.1 Å². The molecule has 3 aromatic rings. The van der Waals surface area contributed by atoms with Crippen LogP contribution < -0.4 is 5.69 Å². The average Bonchev–Trinajstić information content (AvgIpc) is 2.39. The molecule has 0 unspecified atom stereocenters. The zero-order chi connectivity index (χ0) is 13.4. The molecular weight excluding hydrogens is 262 g/mol. The normalized spacial score (nSPS) is 10.8. The summed E-state index contributed by atoms with van der Waals surface area (Å²) in [7, 11) is 0. The smallest absolute Gasteiger partial charge is 0.263 e. The van der Waals surface area contributed by atoms with Gasteiger partial charge in [0.25, 0.3) is 0 Å². The summed E-state index contributed by atoms with van der Waals surface area (Å²) in [6, 6.07) is 9.01. The van der Waals surface area contributed by atoms with Crippen LogP contribution in [0.2, 0.25) is 5.02 Å². The van der Waals surface area contributed by atoms with Gasteiger partial charge in [0.1, 0.15) is 0 Å². The van der Waals surface area contributed by atoms with Crippen LogP contribution in [0, 0.1) is 6.92 Å². The first kappa shape index (κ1) is 11.9. The monoisotopic (exact) mass is 271 g/mol. The molecule has 0 spiro atoms. The largest absolute Gasteiger partial charge is 0.352 e. The highest BCUT2D eigenvalue weighted by molar-refractivity contribution is 6.31. The van der Waals surface area contributed by atoms with Gasteiger partial charge in [-0.05, 0) is 37.3 Å². The van der Waals surface area contributed by atoms with Crippen molar-refractivity contribution in [2.24, 2.45) is 0 Å². The summed E-state index contributed by atoms with van der Waals surface area (Å²) < 4.78 is 1.52. The summed E-state index contributed by atoms with van der Waals surface area (Å²) in [4.78, 5) is 20.2. The number of hydrogen-bond acceptors (Lipinski definition) is 3. The Hall–Kier alpha value is -2.20. The minimum atomic E-state index is -0.333. The molecule has 0 saturated carbocycles. The van der Waals surface area contributed by atoms with Gasteiger partial charge in [-0.15, -0.1) is 0 Å². The first-order valence-electron chi connectivity index (χ1n) is 5.76. The zero-order valence-electron chi connectivity index (χ0n) is 10.2. The Morgan fingerprint density at radius 2 is 2.11 bits per heavy atom. The molecule has 0 N–H and O–H groups in total. The molecule has 0 aliphatic carbocycles. The number of aromatic nitrogens is 3. The highest BCUT2D eigenvalue weighted by Crippen LogP contribution is 2.21. The average molecular weight is 272 g/mol. The third-order valence-corrected chi connectivity index (χ3v) is 3.18. The Bertz CT molecular complexity index is 812. The molecule has 5 heteroatoms. The van der Waals surface area contributed by atoms with E-state index in [0.717, 1.165) is 10.9 Å². The van der Waals surface area contributed by atoms with Crippen molar-refractivity contribution in [3.8, 4) is 5.69 Å². The molecular formula is C14H10ClN3O. The molecule has 0 atom stereocenters. The Morgan fingerprint density at radius 3 is 2.84 bits per heavy atom. The fourth-order valence-electron chi connectivity index (χ4n) is 2.09. The number of rotatable bonds is 1. The molecule has 94 valence electrons. The Morgan fingerprint density at radius 1 is 1.26 bits per heavy atom. The lowest BCUT2D eigenvalue weighted by molar-refractivity contribution is 0.933. The SMILES string of the molecule is Cc1nc(=O)n(-c2cccnc2)c2cc(Cl)ccc12. The van der Waals surface area contributed by atoms with Crippen LogP contribution in [0.3, 0.4) is 0 Å². The maximum absolute atomic E-state index is 12.1. The van der Waals surface area contributed by atoms with E-state index in [1.54, 1.807) is 30.6 Å². The first-order valence-corrected chi connectivity index (χ1v) is 6.14. The second-order valence-electron chi connectivity index (χ2n) is 4.19. The summed E-state index contributed by atoms with van der Waals surface area (Å²) >= 11 is 6.03. The summed E-state index contributed by atoms with van der Waals surface area (Å²) in [5.41, 5.74) is 1.77. The fraction of sp³-hybridized carbons (Fsp3) is 0.0714. The highest BCUT2D eigenvalue weighted by Gasteiger charge is 2.09. The summed E-state index contributed by atoms with van der Waals surface area (Å²) in [5, 5.41) is 1.47. The molecule has 0 aliphatic heterocycles. The van der Waals surface area contributed by atoms with Gasteiger partial charge in [0.2, 0.25) is 0 Å². The zero-order valence-corrected chi connectivity index (χ0v) is 10.9. The van der Waals surface area contributed by atoms with E-state index in [9.17, 15) is 4.79 Å². The van der Waals surface area contributed by atoms with Gasteiger partial charge in [-0.25, -0.2) is 4.79 Å². The van der Waals surface area contributed by atoms with Crippen molar-refractivity contribution in [2.45, 2.75) is 6.92 Å². The van der Waals surface area contributed by atoms with Gasteiger partial charge in [0, 0.05) is 16.6 Å². The highest BCUT2D eigenvalue weighted by atomic mass is 35.5. The molecule has 0 amide bonds. The van der Waals surface area contributed by atoms with E-state index in [0.29, 0.717) is 16.4 Å². The van der Waals surface area contributed by atoms with Crippen molar-refractivity contribution in [3.63, 3.8) is 0 Å². The summed E-state index contributed by atoms with van der Waals surface area (Å²) in [6.07, 6.45) is 3.28. The van der Waals surface area contributed by atoms with Crippen molar-refractivity contribution in [2.75, 3.05) is 0 Å². The number of aryl methyl sites for hydroxylation is 1. The van der Waals surface area contributed by atoms with Crippen LogP contribution in [0.4, 0.5) is 0 Å². The molecule has 0 aliphatic rings. The molecule has 0 bridgehead atoms. The molecule has 0 fully saturated rings. The predicted octanol–water partition coefficient (Wildman–Crippen LogP) is 2.74. The molecule has 3 rings (SSSR count). The van der Waals surface area contributed by atoms with Gasteiger partial charge in [-0.1, -0.05) is 11.6 Å². The number of benzene rings is 1. The predicted molar refractivity (Wildman–Crippen MR) is 74.9 cm³/mol. The lowest BCUT2D eigenvalue weighted by Crippen LogP contribution is -2.22. The maximum Gasteiger partial charge on any atom is 0.352 e. The van der Waals surface area contributed by atoms with E-state index < -0.39 is 0 Å². The molecule has 4 nitrogen and oxygen atoms in total. The van der Waals surface area contributed by atoms with E-state index in [4.69, 9.17) is 11.6 Å². The van der Waals surface area contributed by atoms with Crippen molar-refractivity contribution >= 4 is 22.5 Å². The molecule has 0 saturated heterocycles. The van der Waals surface area contributed by atoms with E-state index in [-0.39, 0.29) is 5.69 Å². The third-order valence-electron chi connectivity index (χ3n) is 2.95. The molecule has 2 heterocycles. The van der Waals surface area contributed by atoms with Crippen LogP contribution in [-0.4, -0.2) is 14.5 Å². The molecule has 2 aromatic heterocycles. The number of nitrogens with zero attached hydrogens (tertiary/aromatic N) is 3. The van der Waals surface area contributed by atoms with Gasteiger partial charge in [-0.2, -0.15) is 4.98 Å². The standard InChI is InChI=1S/C14H10ClN3O/c1-9-12-5-4-10(15)7-13(12)18(14(19)17-9)11-3-2-6-16-8-11/h2-8H,1H3. The van der Waals surface area contributed by atoms with Crippen LogP contribution in [-0.2, 0) is 0 Å². The number of pyridine rings is 1. The molecule has 0 radical (unpaired) electrons. The lowest BCUT2D eigenvalue weighted by atomic mass is 10.2. The quantitative estimate of drug-likeness (QED) is 0.684. The second-order valence-corrected chi connectivity index (χ2v) is 4.62. The van der Waals surface area contributed by atoms with Gasteiger partial charge < -0.3 is 0 Å². The number of halogens is 1. The van der Waals surface area contributed by atoms with Crippen LogP contribution in [0.15, 0.2) is 47.5 Å². The topological polar surface area (TPSA) is 47.8 Å². The molecule has 19 heavy (non-hydrogen) atoms. The summed E-state index contributed by atoms with van der Waals surface area (Å²) in [5.74, 6) is 0. The number of hydrogen-bond donors (Lipinski definition) is 0. The second kappa shape index (κ2) is 4.48. The van der Waals surface area contributed by atoms with Gasteiger partial charge in [0.15, 0.2) is 0 Å². The minimum Gasteiger partial charge on any atom is -0.263 e. The van der Waals surface area contributed by atoms with Crippen molar-refractivity contribution in [1.29, 1.82) is 0 Å². The van der Waals surface area contributed by atoms with Gasteiger partial charge in [-0.3, -0.25) is 9.55 Å². The van der Waals surface area contributed by atoms with E-state index in [2.05, 4.69) is 9.97 Å². The lowest BCUT2D eigenvalue weighted by Gasteiger charge is -2.10. The van der Waals surface area contributed by atoms with Gasteiger partial charge in [0.05, 0.1) is 23.1 Å². The van der Waals surface area contributed by atoms with Crippen LogP contribution in [0.5, 0.6) is 0 Å². The molecule has 1 aromatic carbocycles. The Labute approximate surface area is 114 Å².